The van der Waals surface area contributed by atoms with Crippen LogP contribution in [-0.4, -0.2) is 47.6 Å². The largest absolute Gasteiger partial charge is 0.493 e. The summed E-state index contributed by atoms with van der Waals surface area (Å²) in [5.74, 6) is 7.79. The number of aliphatic hydroxyl groups excluding tert-OH is 2. The first-order valence-electron chi connectivity index (χ1n) is 6.04. The Morgan fingerprint density at radius 3 is 3.00 bits per heavy atom. The molecule has 1 atom stereocenters. The van der Waals surface area contributed by atoms with Gasteiger partial charge in [0.25, 0.3) is 0 Å². The Bertz CT molecular complexity index is 428. The van der Waals surface area contributed by atoms with Gasteiger partial charge in [0.15, 0.2) is 0 Å². The maximum atomic E-state index is 9.16. The van der Waals surface area contributed by atoms with Gasteiger partial charge in [0.2, 0.25) is 0 Å². The molecule has 4 nitrogen and oxygen atoms in total. The lowest BCUT2D eigenvalue weighted by Gasteiger charge is -2.08. The normalized spacial score (nSPS) is 11.5. The number of hydrogen-bond acceptors (Lipinski definition) is 5. The molecule has 104 valence electrons. The van der Waals surface area contributed by atoms with Gasteiger partial charge in [-0.25, -0.2) is 0 Å². The van der Waals surface area contributed by atoms with Gasteiger partial charge in [-0.3, -0.25) is 0 Å². The molecule has 1 unspecified atom stereocenters. The van der Waals surface area contributed by atoms with Crippen LogP contribution in [0.2, 0.25) is 0 Å². The second-order valence-electron chi connectivity index (χ2n) is 3.79. The van der Waals surface area contributed by atoms with Gasteiger partial charge >= 0.3 is 0 Å². The van der Waals surface area contributed by atoms with Gasteiger partial charge in [0.05, 0.1) is 25.9 Å². The van der Waals surface area contributed by atoms with Crippen LogP contribution in [0.3, 0.4) is 0 Å². The van der Waals surface area contributed by atoms with Gasteiger partial charge in [-0.2, -0.15) is 11.8 Å². The van der Waals surface area contributed by atoms with E-state index in [2.05, 4.69) is 11.8 Å². The molecule has 0 spiro atoms. The summed E-state index contributed by atoms with van der Waals surface area (Å²) in [5.41, 5.74) is 6.20. The molecule has 0 amide bonds. The molecule has 4 N–H and O–H groups in total. The molecule has 0 aromatic heterocycles. The van der Waals surface area contributed by atoms with E-state index >= 15 is 0 Å². The first kappa shape index (κ1) is 15.9. The molecule has 0 aliphatic heterocycles. The SMILES string of the molecule is NCC#Cc1cccc(OCCSCC(O)CO)c1. The van der Waals surface area contributed by atoms with Crippen LogP contribution in [0, 0.1) is 11.8 Å². The molecule has 0 aliphatic carbocycles. The van der Waals surface area contributed by atoms with E-state index in [-0.39, 0.29) is 6.61 Å². The van der Waals surface area contributed by atoms with Gasteiger partial charge < -0.3 is 20.7 Å². The average Bonchev–Trinajstić information content (AvgIpc) is 2.45. The van der Waals surface area contributed by atoms with Gasteiger partial charge in [-0.1, -0.05) is 17.9 Å². The predicted molar refractivity (Wildman–Crippen MR) is 78.3 cm³/mol. The Kier molecular flexibility index (Phi) is 8.10. The van der Waals surface area contributed by atoms with Crippen molar-refractivity contribution in [1.29, 1.82) is 0 Å². The average molecular weight is 281 g/mol. The number of hydrogen-bond donors (Lipinski definition) is 3. The van der Waals surface area contributed by atoms with Crippen molar-refractivity contribution in [3.63, 3.8) is 0 Å². The fraction of sp³-hybridized carbons (Fsp3) is 0.429. The summed E-state index contributed by atoms with van der Waals surface area (Å²) in [6.07, 6.45) is -0.653. The molecule has 0 bridgehead atoms. The molecule has 0 saturated heterocycles. The Hall–Kier alpha value is -1.19. The topological polar surface area (TPSA) is 75.7 Å². The maximum Gasteiger partial charge on any atom is 0.120 e. The van der Waals surface area contributed by atoms with Crippen LogP contribution in [0.4, 0.5) is 0 Å². The van der Waals surface area contributed by atoms with Crippen LogP contribution in [0.15, 0.2) is 24.3 Å². The minimum Gasteiger partial charge on any atom is -0.493 e. The Morgan fingerprint density at radius 1 is 1.42 bits per heavy atom. The third-order valence-corrected chi connectivity index (χ3v) is 3.26. The molecule has 0 aliphatic rings. The highest BCUT2D eigenvalue weighted by molar-refractivity contribution is 7.99. The van der Waals surface area contributed by atoms with E-state index in [4.69, 9.17) is 20.7 Å². The lowest BCUT2D eigenvalue weighted by atomic mass is 10.2. The minimum absolute atomic E-state index is 0.199. The van der Waals surface area contributed by atoms with E-state index in [0.717, 1.165) is 17.1 Å². The minimum atomic E-state index is -0.653. The highest BCUT2D eigenvalue weighted by atomic mass is 32.2. The molecule has 0 fully saturated rings. The van der Waals surface area contributed by atoms with Gasteiger partial charge in [-0.15, -0.1) is 0 Å². The van der Waals surface area contributed by atoms with Crippen LogP contribution in [0.5, 0.6) is 5.75 Å². The molecule has 0 saturated carbocycles. The van der Waals surface area contributed by atoms with Crippen molar-refractivity contribution in [3.8, 4) is 17.6 Å². The molecule has 1 aromatic carbocycles. The second-order valence-corrected chi connectivity index (χ2v) is 4.94. The van der Waals surface area contributed by atoms with Crippen molar-refractivity contribution in [2.24, 2.45) is 5.73 Å². The summed E-state index contributed by atoms with van der Waals surface area (Å²) in [6.45, 7) is 0.696. The molecule has 1 rings (SSSR count). The molecule has 0 heterocycles. The summed E-state index contributed by atoms with van der Waals surface area (Å²) >= 11 is 1.54. The van der Waals surface area contributed by atoms with Gasteiger partial charge in [0.1, 0.15) is 5.75 Å². The van der Waals surface area contributed by atoms with Crippen LogP contribution < -0.4 is 10.5 Å². The third kappa shape index (κ3) is 7.09. The molecule has 5 heteroatoms. The van der Waals surface area contributed by atoms with E-state index in [9.17, 15) is 0 Å². The highest BCUT2D eigenvalue weighted by Gasteiger charge is 2.01. The molecular formula is C14H19NO3S. The standard InChI is InChI=1S/C14H19NO3S/c15-6-2-4-12-3-1-5-14(9-12)18-7-8-19-11-13(17)10-16/h1,3,5,9,13,16-17H,6-8,10-11,15H2. The summed E-state index contributed by atoms with van der Waals surface area (Å²) in [4.78, 5) is 0. The Labute approximate surface area is 118 Å². The summed E-state index contributed by atoms with van der Waals surface area (Å²) in [6, 6.07) is 7.54. The first-order chi connectivity index (χ1) is 9.26. The van der Waals surface area contributed by atoms with E-state index in [1.807, 2.05) is 24.3 Å². The fourth-order valence-corrected chi connectivity index (χ4v) is 2.05. The zero-order valence-corrected chi connectivity index (χ0v) is 11.5. The van der Waals surface area contributed by atoms with Crippen molar-refractivity contribution in [2.75, 3.05) is 31.3 Å². The summed E-state index contributed by atoms with van der Waals surface area (Å²) in [5, 5.41) is 17.8. The molecular weight excluding hydrogens is 262 g/mol. The van der Waals surface area contributed by atoms with E-state index in [1.165, 1.54) is 0 Å². The number of nitrogens with two attached hydrogens (primary N) is 1. The van der Waals surface area contributed by atoms with Crippen LogP contribution in [0.25, 0.3) is 0 Å². The number of thioether (sulfide) groups is 1. The highest BCUT2D eigenvalue weighted by Crippen LogP contribution is 2.13. The fourth-order valence-electron chi connectivity index (χ4n) is 1.31. The van der Waals surface area contributed by atoms with Crippen molar-refractivity contribution in [2.45, 2.75) is 6.10 Å². The summed E-state index contributed by atoms with van der Waals surface area (Å²) in [7, 11) is 0. The number of rotatable bonds is 7. The van der Waals surface area contributed by atoms with Crippen LogP contribution >= 0.6 is 11.8 Å². The number of ether oxygens (including phenoxy) is 1. The maximum absolute atomic E-state index is 9.16. The lowest BCUT2D eigenvalue weighted by molar-refractivity contribution is 0.113. The predicted octanol–water partition coefficient (Wildman–Crippen LogP) is 0.462. The third-order valence-electron chi connectivity index (χ3n) is 2.19. The quantitative estimate of drug-likeness (QED) is 0.500. The molecule has 1 aromatic rings. The van der Waals surface area contributed by atoms with Crippen molar-refractivity contribution < 1.29 is 14.9 Å². The Balaban J connectivity index is 2.29. The number of benzene rings is 1. The summed E-state index contributed by atoms with van der Waals surface area (Å²) < 4.78 is 5.58. The second kappa shape index (κ2) is 9.70. The lowest BCUT2D eigenvalue weighted by Crippen LogP contribution is -2.15. The van der Waals surface area contributed by atoms with E-state index in [1.54, 1.807) is 11.8 Å². The zero-order chi connectivity index (χ0) is 13.9. The molecule has 0 radical (unpaired) electrons. The van der Waals surface area contributed by atoms with Crippen LogP contribution in [-0.2, 0) is 0 Å². The van der Waals surface area contributed by atoms with E-state index < -0.39 is 6.10 Å². The Morgan fingerprint density at radius 2 is 2.26 bits per heavy atom. The van der Waals surface area contributed by atoms with Crippen molar-refractivity contribution in [3.05, 3.63) is 29.8 Å². The van der Waals surface area contributed by atoms with Crippen molar-refractivity contribution in [1.82, 2.24) is 0 Å². The van der Waals surface area contributed by atoms with Crippen LogP contribution in [0.1, 0.15) is 5.56 Å². The van der Waals surface area contributed by atoms with Crippen molar-refractivity contribution >= 4 is 11.8 Å². The first-order valence-corrected chi connectivity index (χ1v) is 7.20. The number of aliphatic hydroxyl groups is 2. The monoisotopic (exact) mass is 281 g/mol. The smallest absolute Gasteiger partial charge is 0.120 e. The molecule has 19 heavy (non-hydrogen) atoms. The van der Waals surface area contributed by atoms with Gasteiger partial charge in [-0.05, 0) is 18.2 Å². The zero-order valence-electron chi connectivity index (χ0n) is 10.7. The van der Waals surface area contributed by atoms with E-state index in [0.29, 0.717) is 18.9 Å². The van der Waals surface area contributed by atoms with Gasteiger partial charge in [0, 0.05) is 17.1 Å².